The van der Waals surface area contributed by atoms with Crippen LogP contribution < -0.4 is 24.4 Å². The van der Waals surface area contributed by atoms with Crippen molar-refractivity contribution in [3.63, 3.8) is 0 Å². The maximum atomic E-state index is 14.3. The van der Waals surface area contributed by atoms with Crippen molar-refractivity contribution >= 4 is 52.3 Å². The molecule has 0 amide bonds. The molecule has 3 aromatic carbocycles. The smallest absolute Gasteiger partial charge is 0.338 e. The Balaban J connectivity index is 1.58. The fourth-order valence-corrected chi connectivity index (χ4v) is 6.77. The van der Waals surface area contributed by atoms with Gasteiger partial charge in [-0.1, -0.05) is 77.0 Å². The van der Waals surface area contributed by atoms with E-state index in [4.69, 9.17) is 46.8 Å². The molecule has 0 N–H and O–H groups in total. The van der Waals surface area contributed by atoms with Gasteiger partial charge in [0.25, 0.3) is 5.56 Å². The van der Waals surface area contributed by atoms with E-state index >= 15 is 0 Å². The minimum atomic E-state index is -0.880. The van der Waals surface area contributed by atoms with Crippen LogP contribution in [-0.4, -0.2) is 30.4 Å². The molecule has 11 heteroatoms. The lowest BCUT2D eigenvalue weighted by molar-refractivity contribution is -0.138. The lowest BCUT2D eigenvalue weighted by Crippen LogP contribution is -2.40. The van der Waals surface area contributed by atoms with Gasteiger partial charge in [-0.05, 0) is 62.7 Å². The van der Waals surface area contributed by atoms with Gasteiger partial charge in [-0.3, -0.25) is 9.36 Å². The molecule has 8 nitrogen and oxygen atoms in total. The predicted molar refractivity (Wildman–Crippen MR) is 184 cm³/mol. The zero-order valence-electron chi connectivity index (χ0n) is 25.8. The lowest BCUT2D eigenvalue weighted by Gasteiger charge is -2.26. The van der Waals surface area contributed by atoms with Crippen molar-refractivity contribution < 1.29 is 23.4 Å². The summed E-state index contributed by atoms with van der Waals surface area (Å²) in [6, 6.07) is 22.7. The van der Waals surface area contributed by atoms with Gasteiger partial charge in [0, 0.05) is 17.2 Å². The number of fused-ring (bicyclic) bond motifs is 1. The second-order valence-corrected chi connectivity index (χ2v) is 12.1. The summed E-state index contributed by atoms with van der Waals surface area (Å²) in [5, 5.41) is 0.778. The van der Waals surface area contributed by atoms with E-state index in [9.17, 15) is 9.59 Å². The fourth-order valence-electron chi connectivity index (χ4n) is 5.39. The number of aromatic nitrogens is 1. The zero-order valence-corrected chi connectivity index (χ0v) is 28.1. The molecule has 0 aliphatic carbocycles. The van der Waals surface area contributed by atoms with Gasteiger partial charge in [0.2, 0.25) is 0 Å². The molecule has 1 aliphatic heterocycles. The molecule has 0 fully saturated rings. The van der Waals surface area contributed by atoms with Crippen LogP contribution >= 0.6 is 34.5 Å². The van der Waals surface area contributed by atoms with Crippen LogP contribution in [0, 0.1) is 0 Å². The van der Waals surface area contributed by atoms with Crippen LogP contribution in [0.2, 0.25) is 10.0 Å². The van der Waals surface area contributed by atoms with Crippen molar-refractivity contribution in [2.24, 2.45) is 4.99 Å². The molecule has 240 valence electrons. The number of thiazole rings is 1. The molecule has 1 atom stereocenters. The van der Waals surface area contributed by atoms with Crippen LogP contribution in [0.4, 0.5) is 0 Å². The molecule has 6 rings (SSSR count). The SMILES string of the molecule is CCOC(=O)C1=C(c2ccccc2)N=c2sc(=Cc3ccc(-c4cccc(Cl)c4Cl)o3)c(=O)n2[C@H]1c1ccc(OCC)c(OCC)c1. The van der Waals surface area contributed by atoms with Crippen molar-refractivity contribution in [1.82, 2.24) is 4.57 Å². The summed E-state index contributed by atoms with van der Waals surface area (Å²) in [6.45, 7) is 6.49. The first-order valence-corrected chi connectivity index (χ1v) is 16.6. The first-order valence-electron chi connectivity index (χ1n) is 15.1. The monoisotopic (exact) mass is 688 g/mol. The van der Waals surface area contributed by atoms with Gasteiger partial charge in [0.15, 0.2) is 16.3 Å². The van der Waals surface area contributed by atoms with Gasteiger partial charge < -0.3 is 18.6 Å². The molecule has 2 aromatic heterocycles. The summed E-state index contributed by atoms with van der Waals surface area (Å²) in [4.78, 5) is 33.4. The topological polar surface area (TPSA) is 92.3 Å². The maximum absolute atomic E-state index is 14.3. The second-order valence-electron chi connectivity index (χ2n) is 10.3. The van der Waals surface area contributed by atoms with Gasteiger partial charge in [-0.2, -0.15) is 0 Å². The molecule has 1 aliphatic rings. The minimum absolute atomic E-state index is 0.145. The first kappa shape index (κ1) is 32.4. The van der Waals surface area contributed by atoms with E-state index in [2.05, 4.69) is 0 Å². The molecule has 0 bridgehead atoms. The molecule has 3 heterocycles. The van der Waals surface area contributed by atoms with Crippen molar-refractivity contribution in [2.75, 3.05) is 19.8 Å². The minimum Gasteiger partial charge on any atom is -0.490 e. The molecule has 0 saturated carbocycles. The van der Waals surface area contributed by atoms with Crippen molar-refractivity contribution in [3.8, 4) is 22.8 Å². The van der Waals surface area contributed by atoms with Gasteiger partial charge in [0.05, 0.1) is 51.7 Å². The number of rotatable bonds is 10. The molecule has 0 saturated heterocycles. The Morgan fingerprint density at radius 1 is 0.936 bits per heavy atom. The molecule has 0 spiro atoms. The number of nitrogens with zero attached hydrogens (tertiary/aromatic N) is 2. The maximum Gasteiger partial charge on any atom is 0.338 e. The largest absolute Gasteiger partial charge is 0.490 e. The summed E-state index contributed by atoms with van der Waals surface area (Å²) in [7, 11) is 0. The fraction of sp³-hybridized carbons (Fsp3) is 0.194. The highest BCUT2D eigenvalue weighted by Gasteiger charge is 2.35. The number of carbonyl (C=O) groups is 1. The normalized spacial score (nSPS) is 14.5. The second kappa shape index (κ2) is 14.0. The highest BCUT2D eigenvalue weighted by atomic mass is 35.5. The quantitative estimate of drug-likeness (QED) is 0.143. The molecule has 5 aromatic rings. The number of hydrogen-bond donors (Lipinski definition) is 0. The number of hydrogen-bond acceptors (Lipinski definition) is 8. The number of carbonyl (C=O) groups excluding carboxylic acids is 1. The standard InChI is InChI=1S/C36H30Cl2N2O6S/c1-4-43-27-17-15-22(19-28(27)44-5-2)33-30(35(42)45-6-3)32(21-11-8-7-9-12-21)39-36-40(33)34(41)29(47-36)20-23-16-18-26(46-23)24-13-10-14-25(37)31(24)38/h7-20,33H,4-6H2,1-3H3/t33-/m0/s1. The Kier molecular flexibility index (Phi) is 9.68. The van der Waals surface area contributed by atoms with Crippen LogP contribution in [0.25, 0.3) is 23.1 Å². The third-order valence-corrected chi connectivity index (χ3v) is 9.18. The van der Waals surface area contributed by atoms with Gasteiger partial charge in [-0.15, -0.1) is 0 Å². The van der Waals surface area contributed by atoms with Gasteiger partial charge in [-0.25, -0.2) is 9.79 Å². The Hall–Kier alpha value is -4.57. The van der Waals surface area contributed by atoms with Crippen LogP contribution in [0.3, 0.4) is 0 Å². The van der Waals surface area contributed by atoms with E-state index in [1.165, 1.54) is 15.9 Å². The number of esters is 1. The van der Waals surface area contributed by atoms with Crippen molar-refractivity contribution in [2.45, 2.75) is 26.8 Å². The van der Waals surface area contributed by atoms with Crippen LogP contribution in [-0.2, 0) is 9.53 Å². The number of ether oxygens (including phenoxy) is 3. The molecule has 0 unspecified atom stereocenters. The summed E-state index contributed by atoms with van der Waals surface area (Å²) < 4.78 is 25.3. The molecule has 47 heavy (non-hydrogen) atoms. The lowest BCUT2D eigenvalue weighted by atomic mass is 9.93. The first-order chi connectivity index (χ1) is 22.8. The number of furan rings is 1. The van der Waals surface area contributed by atoms with E-state index in [0.29, 0.717) is 78.0 Å². The highest BCUT2D eigenvalue weighted by Crippen LogP contribution is 2.39. The predicted octanol–water partition coefficient (Wildman–Crippen LogP) is 7.30. The third kappa shape index (κ3) is 6.39. The van der Waals surface area contributed by atoms with E-state index in [0.717, 1.165) is 0 Å². The summed E-state index contributed by atoms with van der Waals surface area (Å²) in [6.07, 6.45) is 1.66. The number of benzene rings is 3. The Bertz CT molecular complexity index is 2170. The third-order valence-electron chi connectivity index (χ3n) is 7.37. The van der Waals surface area contributed by atoms with E-state index in [-0.39, 0.29) is 17.7 Å². The Morgan fingerprint density at radius 2 is 1.70 bits per heavy atom. The molecular weight excluding hydrogens is 659 g/mol. The highest BCUT2D eigenvalue weighted by molar-refractivity contribution is 7.07. The Labute approximate surface area is 284 Å². The zero-order chi connectivity index (χ0) is 33.1. The van der Waals surface area contributed by atoms with E-state index in [1.54, 1.807) is 55.5 Å². The van der Waals surface area contributed by atoms with Crippen molar-refractivity contribution in [3.05, 3.63) is 131 Å². The number of halogens is 2. The average Bonchev–Trinajstić information content (AvgIpc) is 3.67. The van der Waals surface area contributed by atoms with Gasteiger partial charge >= 0.3 is 5.97 Å². The average molecular weight is 690 g/mol. The summed E-state index contributed by atoms with van der Waals surface area (Å²) in [5.41, 5.74) is 2.28. The summed E-state index contributed by atoms with van der Waals surface area (Å²) in [5.74, 6) is 1.42. The van der Waals surface area contributed by atoms with E-state index < -0.39 is 12.0 Å². The summed E-state index contributed by atoms with van der Waals surface area (Å²) >= 11 is 13.8. The van der Waals surface area contributed by atoms with Crippen molar-refractivity contribution in [1.29, 1.82) is 0 Å². The van der Waals surface area contributed by atoms with Gasteiger partial charge in [0.1, 0.15) is 11.5 Å². The molecular formula is C36H30Cl2N2O6S. The van der Waals surface area contributed by atoms with Crippen LogP contribution in [0.5, 0.6) is 11.5 Å². The van der Waals surface area contributed by atoms with Crippen LogP contribution in [0.15, 0.2) is 98.6 Å². The van der Waals surface area contributed by atoms with E-state index in [1.807, 2.05) is 50.2 Å². The Morgan fingerprint density at radius 3 is 2.45 bits per heavy atom. The molecule has 0 radical (unpaired) electrons. The van der Waals surface area contributed by atoms with Crippen LogP contribution in [0.1, 0.15) is 43.7 Å².